The molecule has 1 heteroatoms. The molecule has 0 bridgehead atoms. The molecule has 1 fully saturated rings. The standard InChI is InChI=1S/C18H22O/c1-18-11-10-14-13-5-3-2-4-12(13)6-7-15(14)16(18)8-9-17(18)19/h2-5,8,14-15,17,19H,6-7,9-11H2,1H3/t14-,15-,17-,18+/m1/s1. The molecule has 1 N–H and O–H groups in total. The highest BCUT2D eigenvalue weighted by Crippen LogP contribution is 2.58. The Kier molecular flexibility index (Phi) is 2.44. The third-order valence-corrected chi connectivity index (χ3v) is 6.00. The van der Waals surface area contributed by atoms with E-state index >= 15 is 0 Å². The predicted octanol–water partition coefficient (Wildman–Crippen LogP) is 3.82. The van der Waals surface area contributed by atoms with Crippen molar-refractivity contribution in [2.75, 3.05) is 0 Å². The van der Waals surface area contributed by atoms with E-state index in [9.17, 15) is 5.11 Å². The lowest BCUT2D eigenvalue weighted by molar-refractivity contribution is 0.0471. The van der Waals surface area contributed by atoms with Gasteiger partial charge in [-0.3, -0.25) is 0 Å². The number of aliphatic hydroxyl groups excluding tert-OH is 1. The number of hydrogen-bond donors (Lipinski definition) is 1. The Balaban J connectivity index is 1.76. The van der Waals surface area contributed by atoms with Gasteiger partial charge in [-0.2, -0.15) is 0 Å². The van der Waals surface area contributed by atoms with Crippen LogP contribution in [-0.2, 0) is 6.42 Å². The van der Waals surface area contributed by atoms with Crippen molar-refractivity contribution in [1.29, 1.82) is 0 Å². The average Bonchev–Trinajstić information content (AvgIpc) is 2.75. The van der Waals surface area contributed by atoms with Gasteiger partial charge in [-0.1, -0.05) is 42.8 Å². The van der Waals surface area contributed by atoms with Crippen LogP contribution >= 0.6 is 0 Å². The summed E-state index contributed by atoms with van der Waals surface area (Å²) in [4.78, 5) is 0. The first kappa shape index (κ1) is 11.7. The SMILES string of the molecule is C[C@]12CC[C@@H]3c4ccccc4CC[C@H]3C1=CC[C@H]2O. The van der Waals surface area contributed by atoms with Gasteiger partial charge in [-0.25, -0.2) is 0 Å². The Hall–Kier alpha value is -1.08. The fourth-order valence-corrected chi connectivity index (χ4v) is 4.85. The molecule has 4 rings (SSSR count). The van der Waals surface area contributed by atoms with Crippen LogP contribution in [-0.4, -0.2) is 11.2 Å². The molecule has 0 radical (unpaired) electrons. The summed E-state index contributed by atoms with van der Waals surface area (Å²) in [5, 5.41) is 10.3. The van der Waals surface area contributed by atoms with E-state index in [-0.39, 0.29) is 11.5 Å². The van der Waals surface area contributed by atoms with E-state index in [1.165, 1.54) is 19.3 Å². The fraction of sp³-hybridized carbons (Fsp3) is 0.556. The van der Waals surface area contributed by atoms with Crippen LogP contribution in [0, 0.1) is 11.3 Å². The predicted molar refractivity (Wildman–Crippen MR) is 77.0 cm³/mol. The van der Waals surface area contributed by atoms with Crippen LogP contribution in [0.25, 0.3) is 0 Å². The molecule has 0 spiro atoms. The highest BCUT2D eigenvalue weighted by atomic mass is 16.3. The van der Waals surface area contributed by atoms with E-state index in [4.69, 9.17) is 0 Å². The maximum atomic E-state index is 10.3. The third kappa shape index (κ3) is 1.51. The van der Waals surface area contributed by atoms with E-state index in [1.54, 1.807) is 16.7 Å². The van der Waals surface area contributed by atoms with E-state index in [2.05, 4.69) is 37.3 Å². The van der Waals surface area contributed by atoms with E-state index in [0.717, 1.165) is 12.8 Å². The van der Waals surface area contributed by atoms with Gasteiger partial charge in [0.1, 0.15) is 0 Å². The average molecular weight is 254 g/mol. The zero-order valence-electron chi connectivity index (χ0n) is 11.6. The summed E-state index contributed by atoms with van der Waals surface area (Å²) in [7, 11) is 0. The quantitative estimate of drug-likeness (QED) is 0.698. The molecule has 0 unspecified atom stereocenters. The van der Waals surface area contributed by atoms with Crippen LogP contribution in [0.3, 0.4) is 0 Å². The minimum atomic E-state index is -0.138. The van der Waals surface area contributed by atoms with Gasteiger partial charge < -0.3 is 5.11 Å². The molecule has 1 saturated carbocycles. The van der Waals surface area contributed by atoms with Gasteiger partial charge in [-0.15, -0.1) is 0 Å². The zero-order chi connectivity index (χ0) is 13.0. The van der Waals surface area contributed by atoms with Gasteiger partial charge in [-0.05, 0) is 55.1 Å². The number of aryl methyl sites for hydroxylation is 1. The molecular weight excluding hydrogens is 232 g/mol. The lowest BCUT2D eigenvalue weighted by Crippen LogP contribution is -2.40. The topological polar surface area (TPSA) is 20.2 Å². The van der Waals surface area contributed by atoms with Gasteiger partial charge in [0.05, 0.1) is 6.10 Å². The van der Waals surface area contributed by atoms with Crippen molar-refractivity contribution in [3.63, 3.8) is 0 Å². The van der Waals surface area contributed by atoms with E-state index in [1.807, 2.05) is 0 Å². The number of benzene rings is 1. The summed E-state index contributed by atoms with van der Waals surface area (Å²) >= 11 is 0. The van der Waals surface area contributed by atoms with Crippen LogP contribution in [0.2, 0.25) is 0 Å². The summed E-state index contributed by atoms with van der Waals surface area (Å²) in [5.74, 6) is 1.39. The molecule has 0 saturated heterocycles. The lowest BCUT2D eigenvalue weighted by Gasteiger charge is -2.47. The van der Waals surface area contributed by atoms with Crippen molar-refractivity contribution in [1.82, 2.24) is 0 Å². The van der Waals surface area contributed by atoms with Gasteiger partial charge >= 0.3 is 0 Å². The van der Waals surface area contributed by atoms with Gasteiger partial charge in [0.2, 0.25) is 0 Å². The molecule has 19 heavy (non-hydrogen) atoms. The molecule has 1 nitrogen and oxygen atoms in total. The normalized spacial score (nSPS) is 40.1. The number of aliphatic hydroxyl groups is 1. The molecule has 4 atom stereocenters. The highest BCUT2D eigenvalue weighted by molar-refractivity contribution is 5.40. The zero-order valence-corrected chi connectivity index (χ0v) is 11.6. The summed E-state index contributed by atoms with van der Waals surface area (Å²) < 4.78 is 0. The van der Waals surface area contributed by atoms with Crippen molar-refractivity contribution in [2.24, 2.45) is 11.3 Å². The maximum absolute atomic E-state index is 10.3. The second-order valence-corrected chi connectivity index (χ2v) is 6.82. The Bertz CT molecular complexity index is 544. The van der Waals surface area contributed by atoms with Gasteiger partial charge in [0, 0.05) is 5.41 Å². The second-order valence-electron chi connectivity index (χ2n) is 6.82. The van der Waals surface area contributed by atoms with Crippen LogP contribution in [0.4, 0.5) is 0 Å². The van der Waals surface area contributed by atoms with E-state index in [0.29, 0.717) is 11.8 Å². The van der Waals surface area contributed by atoms with Crippen molar-refractivity contribution < 1.29 is 5.11 Å². The molecule has 0 aromatic heterocycles. The summed E-state index contributed by atoms with van der Waals surface area (Å²) in [5.41, 5.74) is 4.80. The van der Waals surface area contributed by atoms with Crippen molar-refractivity contribution in [3.05, 3.63) is 47.0 Å². The maximum Gasteiger partial charge on any atom is 0.0665 e. The summed E-state index contributed by atoms with van der Waals surface area (Å²) in [6.45, 7) is 2.28. The first-order chi connectivity index (χ1) is 9.20. The van der Waals surface area contributed by atoms with Crippen molar-refractivity contribution >= 4 is 0 Å². The first-order valence-electron chi connectivity index (χ1n) is 7.66. The number of rotatable bonds is 0. The van der Waals surface area contributed by atoms with E-state index < -0.39 is 0 Å². The molecule has 3 aliphatic carbocycles. The molecule has 0 aliphatic heterocycles. The first-order valence-corrected chi connectivity index (χ1v) is 7.66. The van der Waals surface area contributed by atoms with Crippen molar-refractivity contribution in [3.8, 4) is 0 Å². The molecule has 0 amide bonds. The summed E-state index contributed by atoms with van der Waals surface area (Å²) in [6.07, 6.45) is 7.96. The monoisotopic (exact) mass is 254 g/mol. The molecule has 100 valence electrons. The van der Waals surface area contributed by atoms with Crippen molar-refractivity contribution in [2.45, 2.75) is 51.0 Å². The lowest BCUT2D eigenvalue weighted by atomic mass is 9.58. The Morgan fingerprint density at radius 1 is 1.16 bits per heavy atom. The second kappa shape index (κ2) is 3.96. The molecule has 1 aromatic rings. The summed E-state index contributed by atoms with van der Waals surface area (Å²) in [6, 6.07) is 9.00. The molecular formula is C18H22O. The van der Waals surface area contributed by atoms with Gasteiger partial charge in [0.25, 0.3) is 0 Å². The molecule has 3 aliphatic rings. The Labute approximate surface area is 115 Å². The highest BCUT2D eigenvalue weighted by Gasteiger charge is 2.49. The van der Waals surface area contributed by atoms with Crippen LogP contribution in [0.15, 0.2) is 35.9 Å². The minimum Gasteiger partial charge on any atom is -0.392 e. The Morgan fingerprint density at radius 3 is 2.89 bits per heavy atom. The van der Waals surface area contributed by atoms with Crippen LogP contribution in [0.1, 0.15) is 49.7 Å². The molecule has 0 heterocycles. The third-order valence-electron chi connectivity index (χ3n) is 6.00. The fourth-order valence-electron chi connectivity index (χ4n) is 4.85. The molecule has 1 aromatic carbocycles. The number of hydrogen-bond acceptors (Lipinski definition) is 1. The van der Waals surface area contributed by atoms with Crippen LogP contribution in [0.5, 0.6) is 0 Å². The van der Waals surface area contributed by atoms with Gasteiger partial charge in [0.15, 0.2) is 0 Å². The van der Waals surface area contributed by atoms with Crippen LogP contribution < -0.4 is 0 Å². The Morgan fingerprint density at radius 2 is 2.00 bits per heavy atom. The largest absolute Gasteiger partial charge is 0.392 e. The number of fused-ring (bicyclic) bond motifs is 5. The smallest absolute Gasteiger partial charge is 0.0665 e. The minimum absolute atomic E-state index is 0.0768.